The van der Waals surface area contributed by atoms with Crippen molar-refractivity contribution in [1.29, 1.82) is 0 Å². The highest BCUT2D eigenvalue weighted by molar-refractivity contribution is 5.32. The van der Waals surface area contributed by atoms with Gasteiger partial charge in [-0.05, 0) is 42.4 Å². The van der Waals surface area contributed by atoms with E-state index in [-0.39, 0.29) is 0 Å². The van der Waals surface area contributed by atoms with Crippen LogP contribution in [0.4, 0.5) is 0 Å². The Morgan fingerprint density at radius 2 is 1.75 bits per heavy atom. The highest BCUT2D eigenvalue weighted by Crippen LogP contribution is 2.34. The molecule has 0 aromatic heterocycles. The second kappa shape index (κ2) is 6.28. The Morgan fingerprint density at radius 3 is 2.30 bits per heavy atom. The average Bonchev–Trinajstić information content (AvgIpc) is 2.39. The van der Waals surface area contributed by atoms with Crippen LogP contribution in [0.15, 0.2) is 18.2 Å². The zero-order valence-corrected chi connectivity index (χ0v) is 13.8. The number of rotatable bonds is 3. The van der Waals surface area contributed by atoms with Gasteiger partial charge in [0.1, 0.15) is 0 Å². The monoisotopic (exact) mass is 274 g/mol. The summed E-state index contributed by atoms with van der Waals surface area (Å²) in [5, 5.41) is 3.46. The van der Waals surface area contributed by atoms with E-state index in [0.29, 0.717) is 11.5 Å². The van der Waals surface area contributed by atoms with Gasteiger partial charge in [0.15, 0.2) is 0 Å². The predicted molar refractivity (Wildman–Crippen MR) is 87.2 cm³/mol. The third-order valence-corrected chi connectivity index (χ3v) is 4.31. The van der Waals surface area contributed by atoms with Gasteiger partial charge in [-0.3, -0.25) is 4.90 Å². The molecule has 1 aliphatic rings. The van der Waals surface area contributed by atoms with E-state index in [1.165, 1.54) is 23.1 Å². The molecule has 1 unspecified atom stereocenters. The summed E-state index contributed by atoms with van der Waals surface area (Å²) in [6.45, 7) is 16.0. The predicted octanol–water partition coefficient (Wildman–Crippen LogP) is 3.69. The fourth-order valence-corrected chi connectivity index (χ4v) is 3.00. The summed E-state index contributed by atoms with van der Waals surface area (Å²) >= 11 is 0. The number of hydrogen-bond acceptors (Lipinski definition) is 2. The van der Waals surface area contributed by atoms with Crippen molar-refractivity contribution in [2.24, 2.45) is 5.41 Å². The van der Waals surface area contributed by atoms with E-state index < -0.39 is 0 Å². The van der Waals surface area contributed by atoms with Gasteiger partial charge in [-0.15, -0.1) is 0 Å². The minimum absolute atomic E-state index is 0.355. The number of hydrogen-bond donors (Lipinski definition) is 1. The van der Waals surface area contributed by atoms with Crippen molar-refractivity contribution in [3.8, 4) is 0 Å². The van der Waals surface area contributed by atoms with Gasteiger partial charge >= 0.3 is 0 Å². The van der Waals surface area contributed by atoms with E-state index >= 15 is 0 Å². The van der Waals surface area contributed by atoms with E-state index in [0.717, 1.165) is 26.2 Å². The zero-order chi connectivity index (χ0) is 14.8. The number of nitrogens with one attached hydrogen (secondary N) is 1. The third-order valence-electron chi connectivity index (χ3n) is 4.31. The molecule has 2 heteroatoms. The fourth-order valence-electron chi connectivity index (χ4n) is 3.00. The van der Waals surface area contributed by atoms with Crippen LogP contribution >= 0.6 is 0 Å². The molecule has 2 rings (SSSR count). The van der Waals surface area contributed by atoms with Crippen molar-refractivity contribution in [3.63, 3.8) is 0 Å². The Labute approximate surface area is 124 Å². The molecule has 1 fully saturated rings. The molecule has 1 heterocycles. The van der Waals surface area contributed by atoms with Crippen LogP contribution in [-0.2, 0) is 0 Å². The van der Waals surface area contributed by atoms with Crippen LogP contribution in [0, 0.1) is 19.3 Å². The van der Waals surface area contributed by atoms with Crippen molar-refractivity contribution < 1.29 is 0 Å². The molecule has 0 saturated carbocycles. The van der Waals surface area contributed by atoms with Crippen molar-refractivity contribution in [2.75, 3.05) is 26.2 Å². The second-order valence-electron chi connectivity index (χ2n) is 7.41. The molecule has 112 valence electrons. The average molecular weight is 274 g/mol. The Morgan fingerprint density at radius 1 is 1.10 bits per heavy atom. The number of nitrogens with zero attached hydrogens (tertiary/aromatic N) is 1. The van der Waals surface area contributed by atoms with Crippen molar-refractivity contribution in [3.05, 3.63) is 34.9 Å². The summed E-state index contributed by atoms with van der Waals surface area (Å²) in [6, 6.07) is 7.56. The number of piperazine rings is 1. The van der Waals surface area contributed by atoms with Crippen molar-refractivity contribution >= 4 is 0 Å². The summed E-state index contributed by atoms with van der Waals surface area (Å²) in [5.74, 6) is 0. The Hall–Kier alpha value is -0.860. The molecule has 0 amide bonds. The Balaban J connectivity index is 2.26. The van der Waals surface area contributed by atoms with Crippen molar-refractivity contribution in [1.82, 2.24) is 10.2 Å². The molecule has 0 bridgehead atoms. The summed E-state index contributed by atoms with van der Waals surface area (Å²) in [7, 11) is 0. The first-order valence-corrected chi connectivity index (χ1v) is 7.89. The van der Waals surface area contributed by atoms with Gasteiger partial charge in [0.05, 0.1) is 0 Å². The van der Waals surface area contributed by atoms with Gasteiger partial charge in [0.25, 0.3) is 0 Å². The molecule has 1 atom stereocenters. The lowest BCUT2D eigenvalue weighted by molar-refractivity contribution is 0.132. The largest absolute Gasteiger partial charge is 0.314 e. The van der Waals surface area contributed by atoms with Crippen LogP contribution < -0.4 is 5.32 Å². The first-order chi connectivity index (χ1) is 9.37. The lowest BCUT2D eigenvalue weighted by Crippen LogP contribution is -2.45. The Bertz CT molecular complexity index is 439. The maximum absolute atomic E-state index is 3.46. The zero-order valence-electron chi connectivity index (χ0n) is 13.8. The molecule has 20 heavy (non-hydrogen) atoms. The molecule has 1 aliphatic heterocycles. The van der Waals surface area contributed by atoms with Gasteiger partial charge in [0.2, 0.25) is 0 Å². The maximum atomic E-state index is 3.46. The van der Waals surface area contributed by atoms with Gasteiger partial charge in [-0.2, -0.15) is 0 Å². The van der Waals surface area contributed by atoms with Crippen LogP contribution in [0.2, 0.25) is 0 Å². The molecule has 1 N–H and O–H groups in total. The molecule has 1 aromatic rings. The molecule has 1 aromatic carbocycles. The first-order valence-electron chi connectivity index (χ1n) is 7.89. The van der Waals surface area contributed by atoms with Crippen LogP contribution in [-0.4, -0.2) is 31.1 Å². The van der Waals surface area contributed by atoms with Gasteiger partial charge in [-0.25, -0.2) is 0 Å². The fraction of sp³-hybridized carbons (Fsp3) is 0.667. The molecule has 0 aliphatic carbocycles. The maximum Gasteiger partial charge on any atom is 0.0354 e. The van der Waals surface area contributed by atoms with Gasteiger partial charge in [-0.1, -0.05) is 39.0 Å². The normalized spacial score (nSPS) is 19.1. The second-order valence-corrected chi connectivity index (χ2v) is 7.41. The minimum Gasteiger partial charge on any atom is -0.314 e. The van der Waals surface area contributed by atoms with E-state index in [2.05, 4.69) is 63.0 Å². The van der Waals surface area contributed by atoms with Gasteiger partial charge < -0.3 is 5.32 Å². The number of aryl methyl sites for hydroxylation is 2. The van der Waals surface area contributed by atoms with Gasteiger partial charge in [0, 0.05) is 32.2 Å². The standard InChI is InChI=1S/C18H30N2/c1-14-6-7-16(12-15(14)2)17(13-18(3,4)5)20-10-8-19-9-11-20/h6-7,12,17,19H,8-11,13H2,1-5H3. The lowest BCUT2D eigenvalue weighted by atomic mass is 9.84. The highest BCUT2D eigenvalue weighted by Gasteiger charge is 2.27. The summed E-state index contributed by atoms with van der Waals surface area (Å²) in [5.41, 5.74) is 4.65. The van der Waals surface area contributed by atoms with Crippen LogP contribution in [0.3, 0.4) is 0 Å². The van der Waals surface area contributed by atoms with Crippen LogP contribution in [0.25, 0.3) is 0 Å². The van der Waals surface area contributed by atoms with Crippen LogP contribution in [0.5, 0.6) is 0 Å². The molecule has 2 nitrogen and oxygen atoms in total. The molecule has 1 saturated heterocycles. The van der Waals surface area contributed by atoms with E-state index in [1.807, 2.05) is 0 Å². The molecular weight excluding hydrogens is 244 g/mol. The first kappa shape index (κ1) is 15.5. The lowest BCUT2D eigenvalue weighted by Gasteiger charge is -2.38. The van der Waals surface area contributed by atoms with E-state index in [9.17, 15) is 0 Å². The quantitative estimate of drug-likeness (QED) is 0.904. The van der Waals surface area contributed by atoms with E-state index in [4.69, 9.17) is 0 Å². The summed E-state index contributed by atoms with van der Waals surface area (Å²) in [6.07, 6.45) is 1.22. The minimum atomic E-state index is 0.355. The van der Waals surface area contributed by atoms with Crippen LogP contribution in [0.1, 0.15) is 49.9 Å². The molecule has 0 radical (unpaired) electrons. The summed E-state index contributed by atoms with van der Waals surface area (Å²) < 4.78 is 0. The molecular formula is C18H30N2. The smallest absolute Gasteiger partial charge is 0.0354 e. The Kier molecular flexibility index (Phi) is 4.87. The summed E-state index contributed by atoms with van der Waals surface area (Å²) in [4.78, 5) is 2.66. The topological polar surface area (TPSA) is 15.3 Å². The third kappa shape index (κ3) is 4.07. The highest BCUT2D eigenvalue weighted by atomic mass is 15.2. The SMILES string of the molecule is Cc1ccc(C(CC(C)(C)C)N2CCNCC2)cc1C. The molecule has 0 spiro atoms. The number of benzene rings is 1. The van der Waals surface area contributed by atoms with E-state index in [1.54, 1.807) is 0 Å². The van der Waals surface area contributed by atoms with Crippen molar-refractivity contribution in [2.45, 2.75) is 47.1 Å².